The van der Waals surface area contributed by atoms with Crippen molar-refractivity contribution in [2.24, 2.45) is 0 Å². The molecule has 1 unspecified atom stereocenters. The lowest BCUT2D eigenvalue weighted by molar-refractivity contribution is -0.136. The van der Waals surface area contributed by atoms with Gasteiger partial charge in [-0.1, -0.05) is 102 Å². The summed E-state index contributed by atoms with van der Waals surface area (Å²) in [5.74, 6) is -0.227. The number of amides is 2. The lowest BCUT2D eigenvalue weighted by Crippen LogP contribution is -2.63. The minimum atomic E-state index is -1.19. The summed E-state index contributed by atoms with van der Waals surface area (Å²) in [6, 6.07) is 28.0. The fourth-order valence-corrected chi connectivity index (χ4v) is 6.67. The number of carbonyl (C=O) groups excluding carboxylic acids is 2. The zero-order valence-corrected chi connectivity index (χ0v) is 23.0. The highest BCUT2D eigenvalue weighted by Crippen LogP contribution is 2.40. The van der Waals surface area contributed by atoms with Crippen LogP contribution in [0.3, 0.4) is 0 Å². The summed E-state index contributed by atoms with van der Waals surface area (Å²) in [6.45, 7) is 0.685. The van der Waals surface area contributed by atoms with Crippen LogP contribution in [0, 0.1) is 0 Å². The molecule has 194 valence electrons. The van der Waals surface area contributed by atoms with Crippen LogP contribution in [0.25, 0.3) is 10.9 Å². The minimum absolute atomic E-state index is 0.0950. The standard InChI is InChI=1S/C32H32BrN3O2/c33-26-15-10-11-23(19-26)21-36-30(37)29-20-24-12-8-9-18-28(24)35(29)22-32(36,25-13-4-3-5-14-25)31(38)34-27-16-6-1-2-7-17-27/h3-5,8-15,18-20,27H,1-2,6-7,16-17,21-22H2,(H,34,38). The molecule has 2 heterocycles. The molecule has 0 spiro atoms. The second-order valence-electron chi connectivity index (χ2n) is 10.6. The number of para-hydroxylation sites is 1. The van der Waals surface area contributed by atoms with Crippen molar-refractivity contribution < 1.29 is 9.59 Å². The first-order valence-electron chi connectivity index (χ1n) is 13.6. The van der Waals surface area contributed by atoms with Gasteiger partial charge in [0, 0.05) is 28.0 Å². The monoisotopic (exact) mass is 569 g/mol. The molecule has 0 bridgehead atoms. The van der Waals surface area contributed by atoms with Gasteiger partial charge in [-0.15, -0.1) is 0 Å². The molecule has 1 aromatic heterocycles. The van der Waals surface area contributed by atoms with Crippen LogP contribution < -0.4 is 5.32 Å². The van der Waals surface area contributed by atoms with Crippen LogP contribution in [0.1, 0.15) is 60.1 Å². The number of hydrogen-bond acceptors (Lipinski definition) is 2. The van der Waals surface area contributed by atoms with Crippen molar-refractivity contribution >= 4 is 38.6 Å². The summed E-state index contributed by atoms with van der Waals surface area (Å²) >= 11 is 3.58. The van der Waals surface area contributed by atoms with Crippen LogP contribution in [0.5, 0.6) is 0 Å². The molecule has 38 heavy (non-hydrogen) atoms. The van der Waals surface area contributed by atoms with Crippen LogP contribution in [-0.2, 0) is 23.4 Å². The summed E-state index contributed by atoms with van der Waals surface area (Å²) in [7, 11) is 0. The normalized spacial score (nSPS) is 20.2. The SMILES string of the molecule is O=C1c2cc3ccccc3n2CC(C(=O)NC2CCCCCC2)(c2ccccc2)N1Cc1cccc(Br)c1. The average molecular weight is 571 g/mol. The van der Waals surface area contributed by atoms with Gasteiger partial charge < -0.3 is 14.8 Å². The lowest BCUT2D eigenvalue weighted by atomic mass is 9.83. The number of nitrogens with one attached hydrogen (secondary N) is 1. The molecule has 0 saturated heterocycles. The van der Waals surface area contributed by atoms with Crippen molar-refractivity contribution in [3.05, 3.63) is 106 Å². The highest BCUT2D eigenvalue weighted by Gasteiger charge is 2.52. The van der Waals surface area contributed by atoms with E-state index in [1.165, 1.54) is 12.8 Å². The largest absolute Gasteiger partial charge is 0.351 e. The van der Waals surface area contributed by atoms with E-state index in [-0.39, 0.29) is 17.9 Å². The van der Waals surface area contributed by atoms with Gasteiger partial charge in [-0.25, -0.2) is 0 Å². The molecule has 6 rings (SSSR count). The van der Waals surface area contributed by atoms with Gasteiger partial charge in [0.25, 0.3) is 11.8 Å². The number of fused-ring (bicyclic) bond motifs is 3. The Kier molecular flexibility index (Phi) is 6.83. The van der Waals surface area contributed by atoms with Crippen LogP contribution in [0.15, 0.2) is 89.4 Å². The fourth-order valence-electron chi connectivity index (χ4n) is 6.22. The maximum atomic E-state index is 14.7. The van der Waals surface area contributed by atoms with Gasteiger partial charge in [0.1, 0.15) is 5.69 Å². The molecule has 1 fully saturated rings. The highest BCUT2D eigenvalue weighted by molar-refractivity contribution is 9.10. The van der Waals surface area contributed by atoms with E-state index in [1.807, 2.05) is 89.8 Å². The number of hydrogen-bond donors (Lipinski definition) is 1. The Morgan fingerprint density at radius 1 is 0.895 bits per heavy atom. The van der Waals surface area contributed by atoms with Crippen molar-refractivity contribution in [2.45, 2.75) is 63.2 Å². The smallest absolute Gasteiger partial charge is 0.272 e. The first-order valence-corrected chi connectivity index (χ1v) is 14.4. The predicted molar refractivity (Wildman–Crippen MR) is 154 cm³/mol. The van der Waals surface area contributed by atoms with Crippen molar-refractivity contribution in [3.8, 4) is 0 Å². The molecule has 1 aliphatic carbocycles. The zero-order valence-electron chi connectivity index (χ0n) is 21.4. The number of halogens is 1. The number of aromatic nitrogens is 1. The lowest BCUT2D eigenvalue weighted by Gasteiger charge is -2.47. The van der Waals surface area contributed by atoms with Crippen LogP contribution in [0.2, 0.25) is 0 Å². The van der Waals surface area contributed by atoms with Crippen LogP contribution in [-0.4, -0.2) is 27.3 Å². The van der Waals surface area contributed by atoms with Gasteiger partial charge in [0.15, 0.2) is 5.54 Å². The van der Waals surface area contributed by atoms with Crippen LogP contribution in [0.4, 0.5) is 0 Å². The molecule has 6 heteroatoms. The second kappa shape index (κ2) is 10.4. The first kappa shape index (κ1) is 24.9. The van der Waals surface area contributed by atoms with Gasteiger partial charge in [0.05, 0.1) is 6.54 Å². The number of carbonyl (C=O) groups is 2. The molecule has 0 radical (unpaired) electrons. The van der Waals surface area contributed by atoms with E-state index in [0.29, 0.717) is 18.8 Å². The minimum Gasteiger partial charge on any atom is -0.351 e. The van der Waals surface area contributed by atoms with E-state index < -0.39 is 5.54 Å². The van der Waals surface area contributed by atoms with Gasteiger partial charge in [0.2, 0.25) is 0 Å². The van der Waals surface area contributed by atoms with E-state index in [4.69, 9.17) is 0 Å². The van der Waals surface area contributed by atoms with E-state index in [1.54, 1.807) is 0 Å². The molecule has 2 amide bonds. The third-order valence-electron chi connectivity index (χ3n) is 8.17. The first-order chi connectivity index (χ1) is 18.6. The third-order valence-corrected chi connectivity index (χ3v) is 8.66. The van der Waals surface area contributed by atoms with Crippen molar-refractivity contribution in [1.82, 2.24) is 14.8 Å². The maximum Gasteiger partial charge on any atom is 0.272 e. The van der Waals surface area contributed by atoms with E-state index in [2.05, 4.69) is 25.8 Å². The van der Waals surface area contributed by atoms with Crippen molar-refractivity contribution in [2.75, 3.05) is 0 Å². The Morgan fingerprint density at radius 3 is 2.39 bits per heavy atom. The fraction of sp³-hybridized carbons (Fsp3) is 0.312. The summed E-state index contributed by atoms with van der Waals surface area (Å²) in [5.41, 5.74) is 2.20. The zero-order chi connectivity index (χ0) is 26.1. The average Bonchev–Trinajstić information content (AvgIpc) is 3.10. The van der Waals surface area contributed by atoms with E-state index >= 15 is 0 Å². The quantitative estimate of drug-likeness (QED) is 0.269. The van der Waals surface area contributed by atoms with E-state index in [0.717, 1.165) is 52.2 Å². The Labute approximate surface area is 232 Å². The molecule has 1 saturated carbocycles. The summed E-state index contributed by atoms with van der Waals surface area (Å²) < 4.78 is 3.00. The molecule has 4 aromatic rings. The van der Waals surface area contributed by atoms with Crippen molar-refractivity contribution in [1.29, 1.82) is 0 Å². The molecule has 1 aliphatic heterocycles. The molecule has 1 atom stereocenters. The molecule has 2 aliphatic rings. The van der Waals surface area contributed by atoms with Crippen LogP contribution >= 0.6 is 15.9 Å². The molecule has 1 N–H and O–H groups in total. The Morgan fingerprint density at radius 2 is 1.63 bits per heavy atom. The highest BCUT2D eigenvalue weighted by atomic mass is 79.9. The van der Waals surface area contributed by atoms with Gasteiger partial charge in [-0.05, 0) is 48.2 Å². The topological polar surface area (TPSA) is 54.3 Å². The number of nitrogens with zero attached hydrogens (tertiary/aromatic N) is 2. The molecule has 3 aromatic carbocycles. The third kappa shape index (κ3) is 4.45. The predicted octanol–water partition coefficient (Wildman–Crippen LogP) is 6.79. The summed E-state index contributed by atoms with van der Waals surface area (Å²) in [6.07, 6.45) is 6.62. The Hall–Kier alpha value is -3.38. The number of rotatable bonds is 5. The van der Waals surface area contributed by atoms with Gasteiger partial charge in [-0.3, -0.25) is 9.59 Å². The van der Waals surface area contributed by atoms with Crippen molar-refractivity contribution in [3.63, 3.8) is 0 Å². The molecule has 5 nitrogen and oxygen atoms in total. The van der Waals surface area contributed by atoms with E-state index in [9.17, 15) is 9.59 Å². The summed E-state index contributed by atoms with van der Waals surface area (Å²) in [5, 5.41) is 4.44. The maximum absolute atomic E-state index is 14.7. The van der Waals surface area contributed by atoms with Gasteiger partial charge >= 0.3 is 0 Å². The Bertz CT molecular complexity index is 1470. The number of benzene rings is 3. The molecular weight excluding hydrogens is 538 g/mol. The molecular formula is C32H32BrN3O2. The Balaban J connectivity index is 1.53. The second-order valence-corrected chi connectivity index (χ2v) is 11.5. The van der Waals surface area contributed by atoms with Gasteiger partial charge in [-0.2, -0.15) is 0 Å². The summed E-state index contributed by atoms with van der Waals surface area (Å²) in [4.78, 5) is 30.9.